The summed E-state index contributed by atoms with van der Waals surface area (Å²) in [4.78, 5) is 35.2. The number of nitrogens with one attached hydrogen (secondary N) is 2. The fourth-order valence-electron chi connectivity index (χ4n) is 2.75. The first kappa shape index (κ1) is 25.2. The molecule has 2 amide bonds. The van der Waals surface area contributed by atoms with Gasteiger partial charge in [0.15, 0.2) is 18.1 Å². The molecule has 0 saturated heterocycles. The predicted molar refractivity (Wildman–Crippen MR) is 121 cm³/mol. The molecule has 10 heteroatoms. The Labute approximate surface area is 191 Å². The van der Waals surface area contributed by atoms with Crippen LogP contribution in [0, 0.1) is 0 Å². The molecule has 2 aromatic rings. The molecule has 0 bridgehead atoms. The standard InChI is InChI=1S/C23H27N3O7/c1-3-31-20-13-17(10-11-19(20)33-15-21(27)28)14-24-26-22(29)18(25-23(30)32-4-2)12-16-8-6-5-7-9-16/h5-11,13-14,18H,3-4,12,15H2,1-2H3,(H,25,30)(H,26,29)(H,27,28)/b24-14-/t18-/m1/s1. The topological polar surface area (TPSA) is 136 Å². The summed E-state index contributed by atoms with van der Waals surface area (Å²) in [6, 6.07) is 13.1. The Bertz CT molecular complexity index is 964. The molecule has 176 valence electrons. The molecule has 0 spiro atoms. The summed E-state index contributed by atoms with van der Waals surface area (Å²) >= 11 is 0. The largest absolute Gasteiger partial charge is 0.490 e. The molecule has 0 radical (unpaired) electrons. The summed E-state index contributed by atoms with van der Waals surface area (Å²) in [5, 5.41) is 15.3. The molecule has 2 aromatic carbocycles. The molecule has 33 heavy (non-hydrogen) atoms. The quantitative estimate of drug-likeness (QED) is 0.329. The van der Waals surface area contributed by atoms with E-state index in [1.807, 2.05) is 30.3 Å². The van der Waals surface area contributed by atoms with Gasteiger partial charge in [-0.2, -0.15) is 5.10 Å². The van der Waals surface area contributed by atoms with Crippen molar-refractivity contribution in [2.45, 2.75) is 26.3 Å². The first-order valence-electron chi connectivity index (χ1n) is 10.3. The smallest absolute Gasteiger partial charge is 0.407 e. The van der Waals surface area contributed by atoms with E-state index >= 15 is 0 Å². The van der Waals surface area contributed by atoms with Crippen LogP contribution in [0.25, 0.3) is 0 Å². The van der Waals surface area contributed by atoms with Crippen molar-refractivity contribution in [2.24, 2.45) is 5.10 Å². The minimum absolute atomic E-state index is 0.179. The molecule has 0 aliphatic rings. The van der Waals surface area contributed by atoms with Crippen LogP contribution in [0.2, 0.25) is 0 Å². The third-order valence-corrected chi connectivity index (χ3v) is 4.17. The molecule has 0 saturated carbocycles. The van der Waals surface area contributed by atoms with Crippen LogP contribution in [-0.2, 0) is 20.7 Å². The van der Waals surface area contributed by atoms with Gasteiger partial charge in [0, 0.05) is 6.42 Å². The maximum atomic E-state index is 12.7. The first-order valence-corrected chi connectivity index (χ1v) is 10.3. The van der Waals surface area contributed by atoms with E-state index in [0.717, 1.165) is 5.56 Å². The fourth-order valence-corrected chi connectivity index (χ4v) is 2.75. The zero-order valence-corrected chi connectivity index (χ0v) is 18.4. The van der Waals surface area contributed by atoms with Crippen LogP contribution >= 0.6 is 0 Å². The minimum atomic E-state index is -1.10. The van der Waals surface area contributed by atoms with Gasteiger partial charge in [-0.1, -0.05) is 30.3 Å². The number of carbonyl (C=O) groups excluding carboxylic acids is 2. The van der Waals surface area contributed by atoms with Crippen LogP contribution in [-0.4, -0.2) is 55.2 Å². The average Bonchev–Trinajstić information content (AvgIpc) is 2.79. The van der Waals surface area contributed by atoms with Gasteiger partial charge in [-0.05, 0) is 43.2 Å². The molecule has 3 N–H and O–H groups in total. The molecule has 0 aliphatic heterocycles. The lowest BCUT2D eigenvalue weighted by molar-refractivity contribution is -0.139. The van der Waals surface area contributed by atoms with Crippen molar-refractivity contribution in [1.29, 1.82) is 0 Å². The molecular weight excluding hydrogens is 430 g/mol. The van der Waals surface area contributed by atoms with Gasteiger partial charge < -0.3 is 24.6 Å². The second-order valence-electron chi connectivity index (χ2n) is 6.66. The first-order chi connectivity index (χ1) is 15.9. The molecule has 0 fully saturated rings. The molecule has 2 rings (SSSR count). The number of alkyl carbamates (subject to hydrolysis) is 1. The van der Waals surface area contributed by atoms with Crippen molar-refractivity contribution in [3.63, 3.8) is 0 Å². The van der Waals surface area contributed by atoms with Gasteiger partial charge in [0.1, 0.15) is 6.04 Å². The number of hydrazone groups is 1. The third kappa shape index (κ3) is 8.90. The Morgan fingerprint density at radius 3 is 2.45 bits per heavy atom. The fraction of sp³-hybridized carbons (Fsp3) is 0.304. The van der Waals surface area contributed by atoms with Crippen LogP contribution in [0.4, 0.5) is 4.79 Å². The molecule has 0 heterocycles. The predicted octanol–water partition coefficient (Wildman–Crippen LogP) is 2.36. The lowest BCUT2D eigenvalue weighted by Crippen LogP contribution is -2.47. The van der Waals surface area contributed by atoms with Crippen molar-refractivity contribution >= 4 is 24.2 Å². The summed E-state index contributed by atoms with van der Waals surface area (Å²) in [7, 11) is 0. The summed E-state index contributed by atoms with van der Waals surface area (Å²) in [6.45, 7) is 3.48. The Hall–Kier alpha value is -4.08. The van der Waals surface area contributed by atoms with Gasteiger partial charge >= 0.3 is 12.1 Å². The van der Waals surface area contributed by atoms with Crippen LogP contribution in [0.3, 0.4) is 0 Å². The van der Waals surface area contributed by atoms with E-state index in [2.05, 4.69) is 15.8 Å². The van der Waals surface area contributed by atoms with Crippen molar-refractivity contribution in [2.75, 3.05) is 19.8 Å². The number of ether oxygens (including phenoxy) is 3. The van der Waals surface area contributed by atoms with Crippen molar-refractivity contribution in [3.05, 3.63) is 59.7 Å². The number of hydrogen-bond donors (Lipinski definition) is 3. The number of carboxylic acid groups (broad SMARTS) is 1. The Morgan fingerprint density at radius 2 is 1.79 bits per heavy atom. The highest BCUT2D eigenvalue weighted by Gasteiger charge is 2.21. The van der Waals surface area contributed by atoms with E-state index in [1.165, 1.54) is 6.21 Å². The molecular formula is C23H27N3O7. The zero-order chi connectivity index (χ0) is 24.1. The Kier molecular flexibility index (Phi) is 10.2. The summed E-state index contributed by atoms with van der Waals surface area (Å²) in [6.07, 6.45) is 0.951. The Balaban J connectivity index is 2.07. The number of benzene rings is 2. The average molecular weight is 457 g/mol. The minimum Gasteiger partial charge on any atom is -0.490 e. The second-order valence-corrected chi connectivity index (χ2v) is 6.66. The number of hydrogen-bond acceptors (Lipinski definition) is 7. The highest BCUT2D eigenvalue weighted by atomic mass is 16.5. The van der Waals surface area contributed by atoms with E-state index in [1.54, 1.807) is 32.0 Å². The maximum absolute atomic E-state index is 12.7. The SMILES string of the molecule is CCOC(=O)N[C@H](Cc1ccccc1)C(=O)N/N=C\c1ccc(OCC(=O)O)c(OCC)c1. The van der Waals surface area contributed by atoms with Crippen LogP contribution < -0.4 is 20.2 Å². The number of amides is 2. The molecule has 1 atom stereocenters. The van der Waals surface area contributed by atoms with E-state index in [0.29, 0.717) is 17.9 Å². The Morgan fingerprint density at radius 1 is 1.03 bits per heavy atom. The normalized spacial score (nSPS) is 11.5. The lowest BCUT2D eigenvalue weighted by atomic mass is 10.1. The highest BCUT2D eigenvalue weighted by Crippen LogP contribution is 2.28. The molecule has 10 nitrogen and oxygen atoms in total. The van der Waals surface area contributed by atoms with Gasteiger partial charge in [0.05, 0.1) is 19.4 Å². The van der Waals surface area contributed by atoms with E-state index in [-0.39, 0.29) is 18.8 Å². The van der Waals surface area contributed by atoms with Crippen LogP contribution in [0.15, 0.2) is 53.6 Å². The monoisotopic (exact) mass is 457 g/mol. The summed E-state index contributed by atoms with van der Waals surface area (Å²) in [5.74, 6) is -0.996. The zero-order valence-electron chi connectivity index (χ0n) is 18.4. The summed E-state index contributed by atoms with van der Waals surface area (Å²) < 4.78 is 15.6. The van der Waals surface area contributed by atoms with Gasteiger partial charge in [-0.15, -0.1) is 0 Å². The van der Waals surface area contributed by atoms with Gasteiger partial charge in [0.2, 0.25) is 0 Å². The molecule has 0 aliphatic carbocycles. The van der Waals surface area contributed by atoms with Crippen LogP contribution in [0.1, 0.15) is 25.0 Å². The van der Waals surface area contributed by atoms with Crippen molar-refractivity contribution in [1.82, 2.24) is 10.7 Å². The molecule has 0 unspecified atom stereocenters. The maximum Gasteiger partial charge on any atom is 0.407 e. The second kappa shape index (κ2) is 13.4. The number of carbonyl (C=O) groups is 3. The van der Waals surface area contributed by atoms with Gasteiger partial charge in [-0.3, -0.25) is 4.79 Å². The van der Waals surface area contributed by atoms with Crippen molar-refractivity contribution < 1.29 is 33.7 Å². The van der Waals surface area contributed by atoms with E-state index in [4.69, 9.17) is 19.3 Å². The third-order valence-electron chi connectivity index (χ3n) is 4.17. The highest BCUT2D eigenvalue weighted by molar-refractivity contribution is 5.87. The number of nitrogens with zero attached hydrogens (tertiary/aromatic N) is 1. The molecule has 0 aromatic heterocycles. The lowest BCUT2D eigenvalue weighted by Gasteiger charge is -2.16. The van der Waals surface area contributed by atoms with E-state index in [9.17, 15) is 14.4 Å². The number of aliphatic carboxylic acids is 1. The van der Waals surface area contributed by atoms with Crippen LogP contribution in [0.5, 0.6) is 11.5 Å². The van der Waals surface area contributed by atoms with Gasteiger partial charge in [-0.25, -0.2) is 15.0 Å². The number of rotatable bonds is 12. The summed E-state index contributed by atoms with van der Waals surface area (Å²) in [5.41, 5.74) is 3.86. The van der Waals surface area contributed by atoms with E-state index < -0.39 is 30.6 Å². The number of carboxylic acids is 1. The van der Waals surface area contributed by atoms with Gasteiger partial charge in [0.25, 0.3) is 5.91 Å². The van der Waals surface area contributed by atoms with Crippen molar-refractivity contribution in [3.8, 4) is 11.5 Å².